The summed E-state index contributed by atoms with van der Waals surface area (Å²) in [6.07, 6.45) is 2.51. The lowest BCUT2D eigenvalue weighted by Gasteiger charge is -2.60. The molecule has 3 heterocycles. The molecule has 0 unspecified atom stereocenters. The maximum absolute atomic E-state index is 13.5. The van der Waals surface area contributed by atoms with Crippen molar-refractivity contribution in [1.29, 1.82) is 0 Å². The Balaban J connectivity index is 1.59. The molecule has 35 heavy (non-hydrogen) atoms. The van der Waals surface area contributed by atoms with Crippen molar-refractivity contribution in [1.82, 2.24) is 19.5 Å². The van der Waals surface area contributed by atoms with Crippen LogP contribution >= 0.6 is 11.6 Å². The number of hydrogen-bond donors (Lipinski definition) is 0. The number of ether oxygens (including phenoxy) is 2. The summed E-state index contributed by atoms with van der Waals surface area (Å²) >= 11 is 6.42. The van der Waals surface area contributed by atoms with E-state index in [4.69, 9.17) is 21.1 Å². The molecule has 1 aliphatic heterocycles. The third-order valence-corrected chi connectivity index (χ3v) is 6.51. The van der Waals surface area contributed by atoms with Gasteiger partial charge in [-0.3, -0.25) is 4.90 Å². The Kier molecular flexibility index (Phi) is 6.23. The highest BCUT2D eigenvalue weighted by Gasteiger charge is 2.57. The molecule has 0 bridgehead atoms. The third kappa shape index (κ3) is 5.20. The Labute approximate surface area is 211 Å². The monoisotopic (exact) mass is 505 g/mol. The van der Waals surface area contributed by atoms with Gasteiger partial charge in [0.25, 0.3) is 0 Å². The zero-order valence-corrected chi connectivity index (χ0v) is 22.6. The topological polar surface area (TPSA) is 89.3 Å². The average Bonchev–Trinajstić information content (AvgIpc) is 3.02. The van der Waals surface area contributed by atoms with Crippen LogP contribution in [0.25, 0.3) is 5.65 Å². The van der Waals surface area contributed by atoms with Crippen molar-refractivity contribution >= 4 is 35.3 Å². The van der Waals surface area contributed by atoms with Gasteiger partial charge in [0.05, 0.1) is 6.20 Å². The fourth-order valence-corrected chi connectivity index (χ4v) is 5.03. The molecule has 0 atom stereocenters. The van der Waals surface area contributed by atoms with Crippen LogP contribution in [-0.2, 0) is 9.47 Å². The second-order valence-electron chi connectivity index (χ2n) is 12.2. The van der Waals surface area contributed by atoms with Crippen LogP contribution < -0.4 is 4.90 Å². The Morgan fingerprint density at radius 2 is 1.71 bits per heavy atom. The van der Waals surface area contributed by atoms with Crippen LogP contribution in [0.3, 0.4) is 0 Å². The average molecular weight is 506 g/mol. The molecule has 2 aromatic rings. The van der Waals surface area contributed by atoms with E-state index in [1.807, 2.05) is 41.5 Å². The first kappa shape index (κ1) is 25.5. The summed E-state index contributed by atoms with van der Waals surface area (Å²) in [5, 5.41) is 4.83. The number of carbonyl (C=O) groups is 2. The van der Waals surface area contributed by atoms with E-state index in [2.05, 4.69) is 23.9 Å². The maximum Gasteiger partial charge on any atom is 0.416 e. The van der Waals surface area contributed by atoms with Gasteiger partial charge < -0.3 is 14.4 Å². The number of carbonyl (C=O) groups excluding carboxylic acids is 2. The molecule has 2 aromatic heterocycles. The number of fused-ring (bicyclic) bond motifs is 1. The molecule has 2 aliphatic rings. The van der Waals surface area contributed by atoms with Crippen LogP contribution in [0.5, 0.6) is 0 Å². The van der Waals surface area contributed by atoms with Crippen molar-refractivity contribution in [3.05, 3.63) is 23.0 Å². The number of halogens is 1. The molecule has 10 heteroatoms. The summed E-state index contributed by atoms with van der Waals surface area (Å²) in [6.45, 7) is 16.5. The molecular formula is C25H36ClN5O4. The second kappa shape index (κ2) is 8.54. The molecular weight excluding hydrogens is 470 g/mol. The highest BCUT2D eigenvalue weighted by atomic mass is 35.5. The molecule has 1 spiro atoms. The third-order valence-electron chi connectivity index (χ3n) is 6.31. The van der Waals surface area contributed by atoms with E-state index in [-0.39, 0.29) is 28.6 Å². The van der Waals surface area contributed by atoms with Crippen LogP contribution in [0, 0.1) is 5.41 Å². The van der Waals surface area contributed by atoms with Crippen molar-refractivity contribution in [2.45, 2.75) is 91.4 Å². The van der Waals surface area contributed by atoms with Gasteiger partial charge in [0, 0.05) is 36.2 Å². The molecule has 1 saturated carbocycles. The fraction of sp³-hybridized carbons (Fsp3) is 0.680. The Bertz CT molecular complexity index is 1130. The van der Waals surface area contributed by atoms with Gasteiger partial charge in [0.1, 0.15) is 22.2 Å². The minimum Gasteiger partial charge on any atom is -0.444 e. The van der Waals surface area contributed by atoms with Gasteiger partial charge >= 0.3 is 12.2 Å². The van der Waals surface area contributed by atoms with Crippen molar-refractivity contribution in [2.24, 2.45) is 5.41 Å². The quantitative estimate of drug-likeness (QED) is 0.501. The summed E-state index contributed by atoms with van der Waals surface area (Å²) < 4.78 is 12.9. The molecule has 2 fully saturated rings. The fourth-order valence-electron chi connectivity index (χ4n) is 4.85. The predicted molar refractivity (Wildman–Crippen MR) is 134 cm³/mol. The first-order valence-corrected chi connectivity index (χ1v) is 12.5. The lowest BCUT2D eigenvalue weighted by molar-refractivity contribution is -0.0785. The molecule has 1 saturated heterocycles. The van der Waals surface area contributed by atoms with Crippen molar-refractivity contribution in [2.75, 3.05) is 18.0 Å². The standard InChI is InChI=1S/C25H36ClN5O4/c1-15(2)17-12-27-31-19(9-18(26)28-20(17)31)30(22(33)35-24(6,7)8)16-10-25(11-16)13-29(14-25)21(32)34-23(3,4)5/h9,12,15-16H,10-11,13-14H2,1-8H3. The van der Waals surface area contributed by atoms with Crippen LogP contribution in [0.15, 0.2) is 12.3 Å². The summed E-state index contributed by atoms with van der Waals surface area (Å²) in [5.74, 6) is 0.728. The first-order chi connectivity index (χ1) is 16.1. The lowest BCUT2D eigenvalue weighted by Crippen LogP contribution is -2.68. The van der Waals surface area contributed by atoms with Gasteiger partial charge in [0.15, 0.2) is 5.65 Å². The predicted octanol–water partition coefficient (Wildman–Crippen LogP) is 5.65. The smallest absolute Gasteiger partial charge is 0.416 e. The maximum atomic E-state index is 13.5. The summed E-state index contributed by atoms with van der Waals surface area (Å²) in [4.78, 5) is 33.7. The summed E-state index contributed by atoms with van der Waals surface area (Å²) in [5.41, 5.74) is 0.370. The Hall–Kier alpha value is -2.55. The van der Waals surface area contributed by atoms with Crippen molar-refractivity contribution in [3.8, 4) is 0 Å². The first-order valence-electron chi connectivity index (χ1n) is 12.1. The number of hydrogen-bond acceptors (Lipinski definition) is 6. The van der Waals surface area contributed by atoms with E-state index in [1.54, 1.807) is 26.6 Å². The molecule has 192 valence electrons. The van der Waals surface area contributed by atoms with E-state index in [9.17, 15) is 9.59 Å². The van der Waals surface area contributed by atoms with E-state index in [1.165, 1.54) is 0 Å². The number of rotatable bonds is 3. The number of likely N-dealkylation sites (tertiary alicyclic amines) is 1. The van der Waals surface area contributed by atoms with Gasteiger partial charge in [0.2, 0.25) is 0 Å². The van der Waals surface area contributed by atoms with Gasteiger partial charge in [-0.1, -0.05) is 25.4 Å². The van der Waals surface area contributed by atoms with E-state index in [0.717, 1.165) is 18.4 Å². The van der Waals surface area contributed by atoms with E-state index >= 15 is 0 Å². The SMILES string of the molecule is CC(C)c1cnn2c(N(C(=O)OC(C)(C)C)C3CC4(C3)CN(C(=O)OC(C)(C)C)C4)cc(Cl)nc12. The van der Waals surface area contributed by atoms with E-state index in [0.29, 0.717) is 24.6 Å². The molecule has 2 amide bonds. The molecule has 4 rings (SSSR count). The highest BCUT2D eigenvalue weighted by Crippen LogP contribution is 2.51. The zero-order valence-electron chi connectivity index (χ0n) is 21.9. The van der Waals surface area contributed by atoms with Crippen LogP contribution in [0.4, 0.5) is 15.4 Å². The van der Waals surface area contributed by atoms with Crippen LogP contribution in [0.1, 0.15) is 79.7 Å². The molecule has 0 N–H and O–H groups in total. The number of nitrogens with zero attached hydrogens (tertiary/aromatic N) is 5. The van der Waals surface area contributed by atoms with Gasteiger partial charge in [-0.2, -0.15) is 9.61 Å². The largest absolute Gasteiger partial charge is 0.444 e. The number of anilines is 1. The number of aromatic nitrogens is 3. The normalized spacial score (nSPS) is 17.9. The van der Waals surface area contributed by atoms with Crippen molar-refractivity contribution in [3.63, 3.8) is 0 Å². The van der Waals surface area contributed by atoms with Crippen molar-refractivity contribution < 1.29 is 19.1 Å². The molecule has 0 aromatic carbocycles. The molecule has 0 radical (unpaired) electrons. The van der Waals surface area contributed by atoms with Gasteiger partial charge in [-0.25, -0.2) is 14.6 Å². The minimum atomic E-state index is -0.663. The molecule has 1 aliphatic carbocycles. The minimum absolute atomic E-state index is 0.0228. The van der Waals surface area contributed by atoms with Gasteiger partial charge in [-0.15, -0.1) is 0 Å². The Morgan fingerprint density at radius 1 is 1.11 bits per heavy atom. The summed E-state index contributed by atoms with van der Waals surface area (Å²) in [7, 11) is 0. The summed E-state index contributed by atoms with van der Waals surface area (Å²) in [6, 6.07) is 1.55. The highest BCUT2D eigenvalue weighted by molar-refractivity contribution is 6.29. The van der Waals surface area contributed by atoms with E-state index < -0.39 is 17.3 Å². The lowest BCUT2D eigenvalue weighted by atomic mass is 9.60. The Morgan fingerprint density at radius 3 is 2.26 bits per heavy atom. The second-order valence-corrected chi connectivity index (χ2v) is 12.6. The van der Waals surface area contributed by atoms with Crippen LogP contribution in [0.2, 0.25) is 5.15 Å². The number of amides is 2. The van der Waals surface area contributed by atoms with Gasteiger partial charge in [-0.05, 0) is 60.3 Å². The van der Waals surface area contributed by atoms with Crippen LogP contribution in [-0.4, -0.2) is 62.0 Å². The molecule has 9 nitrogen and oxygen atoms in total. The zero-order chi connectivity index (χ0) is 25.9.